The van der Waals surface area contributed by atoms with E-state index >= 15 is 0 Å². The van der Waals surface area contributed by atoms with Crippen LogP contribution in [0.5, 0.6) is 5.75 Å². The summed E-state index contributed by atoms with van der Waals surface area (Å²) in [6, 6.07) is 4.01. The zero-order chi connectivity index (χ0) is 21.4. The summed E-state index contributed by atoms with van der Waals surface area (Å²) in [7, 11) is 0. The van der Waals surface area contributed by atoms with Gasteiger partial charge in [0.2, 0.25) is 0 Å². The standard InChI is InChI=1S/C20H21ClFN3O5/c1-12-23-18(30-25-12)8-28-6-13(26)5-19-9-20(10-19,11-19)24-17(27)7-29-14-2-3-15(21)16(22)4-14/h2-4H,5-11H2,1H3,(H,24,27). The number of carbonyl (C=O) groups is 2. The summed E-state index contributed by atoms with van der Waals surface area (Å²) in [5.41, 5.74) is -0.303. The van der Waals surface area contributed by atoms with E-state index in [0.717, 1.165) is 25.3 Å². The highest BCUT2D eigenvalue weighted by atomic mass is 35.5. The lowest BCUT2D eigenvalue weighted by atomic mass is 9.38. The van der Waals surface area contributed by atoms with Gasteiger partial charge < -0.3 is 19.3 Å². The Morgan fingerprint density at radius 1 is 1.30 bits per heavy atom. The number of Topliss-reactive ketones (excluding diaryl/α,β-unsaturated/α-hetero) is 1. The molecule has 1 amide bonds. The van der Waals surface area contributed by atoms with Crippen molar-refractivity contribution in [1.82, 2.24) is 15.5 Å². The van der Waals surface area contributed by atoms with E-state index in [9.17, 15) is 14.0 Å². The number of halogens is 2. The number of hydrogen-bond donors (Lipinski definition) is 1. The van der Waals surface area contributed by atoms with Gasteiger partial charge in [0.15, 0.2) is 18.2 Å². The SMILES string of the molecule is Cc1noc(COCC(=O)CC23CC(NC(=O)COc4ccc(Cl)c(F)c4)(C2)C3)n1. The van der Waals surface area contributed by atoms with E-state index in [2.05, 4.69) is 15.5 Å². The van der Waals surface area contributed by atoms with E-state index in [-0.39, 0.29) is 53.2 Å². The molecule has 160 valence electrons. The molecular weight excluding hydrogens is 417 g/mol. The fraction of sp³-hybridized carbons (Fsp3) is 0.500. The van der Waals surface area contributed by atoms with Gasteiger partial charge >= 0.3 is 0 Å². The van der Waals surface area contributed by atoms with Crippen molar-refractivity contribution >= 4 is 23.3 Å². The molecule has 1 aromatic heterocycles. The third kappa shape index (κ3) is 4.46. The minimum Gasteiger partial charge on any atom is -0.484 e. The number of amides is 1. The number of rotatable bonds is 10. The summed E-state index contributed by atoms with van der Waals surface area (Å²) in [5.74, 6) is 0.240. The van der Waals surface area contributed by atoms with E-state index in [1.807, 2.05) is 0 Å². The number of benzene rings is 1. The predicted molar refractivity (Wildman–Crippen MR) is 102 cm³/mol. The highest BCUT2D eigenvalue weighted by Crippen LogP contribution is 2.68. The Kier molecular flexibility index (Phi) is 5.50. The van der Waals surface area contributed by atoms with Crippen molar-refractivity contribution in [1.29, 1.82) is 0 Å². The van der Waals surface area contributed by atoms with Crippen LogP contribution < -0.4 is 10.1 Å². The Hall–Kier alpha value is -2.52. The third-order valence-electron chi connectivity index (χ3n) is 5.44. The maximum absolute atomic E-state index is 13.4. The number of hydrogen-bond acceptors (Lipinski definition) is 7. The van der Waals surface area contributed by atoms with E-state index in [4.69, 9.17) is 25.6 Å². The molecule has 0 radical (unpaired) electrons. The molecule has 3 saturated carbocycles. The second-order valence-corrected chi connectivity index (χ2v) is 8.57. The quantitative estimate of drug-likeness (QED) is 0.609. The minimum atomic E-state index is -0.600. The maximum Gasteiger partial charge on any atom is 0.258 e. The van der Waals surface area contributed by atoms with Crippen LogP contribution in [-0.4, -0.2) is 40.6 Å². The van der Waals surface area contributed by atoms with E-state index in [1.165, 1.54) is 12.1 Å². The summed E-state index contributed by atoms with van der Waals surface area (Å²) in [4.78, 5) is 28.3. The molecule has 2 aromatic rings. The number of ketones is 1. The Labute approximate surface area is 177 Å². The lowest BCUT2D eigenvalue weighted by Crippen LogP contribution is -2.75. The Balaban J connectivity index is 1.14. The average Bonchev–Trinajstić information content (AvgIpc) is 3.05. The number of aryl methyl sites for hydroxylation is 1. The summed E-state index contributed by atoms with van der Waals surface area (Å²) in [6.45, 7) is 1.60. The van der Waals surface area contributed by atoms with Crippen LogP contribution in [0.15, 0.2) is 22.7 Å². The number of nitrogens with one attached hydrogen (secondary N) is 1. The lowest BCUT2D eigenvalue weighted by Gasteiger charge is -2.70. The number of ether oxygens (including phenoxy) is 2. The molecule has 1 heterocycles. The van der Waals surface area contributed by atoms with Crippen LogP contribution in [0.4, 0.5) is 4.39 Å². The molecule has 10 heteroatoms. The molecular formula is C20H21ClFN3O5. The van der Waals surface area contributed by atoms with Crippen molar-refractivity contribution in [2.24, 2.45) is 5.41 Å². The van der Waals surface area contributed by atoms with Crippen LogP contribution in [0.25, 0.3) is 0 Å². The molecule has 0 saturated heterocycles. The first-order valence-corrected chi connectivity index (χ1v) is 9.92. The predicted octanol–water partition coefficient (Wildman–Crippen LogP) is 2.76. The monoisotopic (exact) mass is 437 g/mol. The van der Waals surface area contributed by atoms with Gasteiger partial charge in [-0.2, -0.15) is 4.98 Å². The van der Waals surface area contributed by atoms with Gasteiger partial charge in [-0.3, -0.25) is 9.59 Å². The first kappa shape index (κ1) is 20.7. The van der Waals surface area contributed by atoms with Gasteiger partial charge in [0.05, 0.1) is 5.02 Å². The van der Waals surface area contributed by atoms with Gasteiger partial charge in [0, 0.05) is 18.0 Å². The van der Waals surface area contributed by atoms with Gasteiger partial charge in [-0.15, -0.1) is 0 Å². The van der Waals surface area contributed by atoms with Crippen molar-refractivity contribution in [3.8, 4) is 5.75 Å². The van der Waals surface area contributed by atoms with Crippen LogP contribution in [0, 0.1) is 18.2 Å². The third-order valence-corrected chi connectivity index (χ3v) is 5.74. The number of aromatic nitrogens is 2. The molecule has 5 rings (SSSR count). The molecule has 0 aliphatic heterocycles. The summed E-state index contributed by atoms with van der Waals surface area (Å²) in [6.07, 6.45) is 2.70. The molecule has 8 nitrogen and oxygen atoms in total. The van der Waals surface area contributed by atoms with Crippen molar-refractivity contribution in [3.05, 3.63) is 40.8 Å². The second kappa shape index (κ2) is 7.96. The molecule has 1 N–H and O–H groups in total. The molecule has 0 unspecified atom stereocenters. The fourth-order valence-electron chi connectivity index (χ4n) is 4.49. The van der Waals surface area contributed by atoms with Gasteiger partial charge in [0.1, 0.15) is 24.8 Å². The first-order chi connectivity index (χ1) is 14.3. The largest absolute Gasteiger partial charge is 0.484 e. The lowest BCUT2D eigenvalue weighted by molar-refractivity contribution is -0.174. The molecule has 0 spiro atoms. The Bertz CT molecular complexity index is 959. The molecule has 3 fully saturated rings. The van der Waals surface area contributed by atoms with Crippen LogP contribution in [0.3, 0.4) is 0 Å². The van der Waals surface area contributed by atoms with E-state index in [0.29, 0.717) is 18.1 Å². The van der Waals surface area contributed by atoms with Crippen LogP contribution in [-0.2, 0) is 20.9 Å². The van der Waals surface area contributed by atoms with E-state index in [1.54, 1.807) is 6.92 Å². The van der Waals surface area contributed by atoms with Gasteiger partial charge in [-0.1, -0.05) is 16.8 Å². The van der Waals surface area contributed by atoms with Crippen molar-refractivity contribution in [2.45, 2.75) is 44.8 Å². The van der Waals surface area contributed by atoms with Gasteiger partial charge in [0.25, 0.3) is 11.8 Å². The smallest absolute Gasteiger partial charge is 0.258 e. The highest BCUT2D eigenvalue weighted by Gasteiger charge is 2.68. The number of carbonyl (C=O) groups excluding carboxylic acids is 2. The Morgan fingerprint density at radius 3 is 2.73 bits per heavy atom. The zero-order valence-corrected chi connectivity index (χ0v) is 17.1. The van der Waals surface area contributed by atoms with Crippen molar-refractivity contribution in [3.63, 3.8) is 0 Å². The Morgan fingerprint density at radius 2 is 2.07 bits per heavy atom. The van der Waals surface area contributed by atoms with Crippen molar-refractivity contribution < 1.29 is 28.0 Å². The first-order valence-electron chi connectivity index (χ1n) is 9.54. The van der Waals surface area contributed by atoms with Gasteiger partial charge in [-0.25, -0.2) is 4.39 Å². The molecule has 2 bridgehead atoms. The van der Waals surface area contributed by atoms with Crippen molar-refractivity contribution in [2.75, 3.05) is 13.2 Å². The second-order valence-electron chi connectivity index (χ2n) is 8.17. The highest BCUT2D eigenvalue weighted by molar-refractivity contribution is 6.30. The van der Waals surface area contributed by atoms with E-state index < -0.39 is 5.82 Å². The van der Waals surface area contributed by atoms with Gasteiger partial charge in [-0.05, 0) is 43.7 Å². The molecule has 3 aliphatic rings. The van der Waals surface area contributed by atoms with Crippen LogP contribution in [0.1, 0.15) is 37.4 Å². The normalized spacial score (nSPS) is 24.0. The zero-order valence-electron chi connectivity index (χ0n) is 16.4. The fourth-order valence-corrected chi connectivity index (χ4v) is 4.60. The summed E-state index contributed by atoms with van der Waals surface area (Å²) in [5, 5.41) is 6.62. The molecule has 1 aromatic carbocycles. The molecule has 30 heavy (non-hydrogen) atoms. The molecule has 3 aliphatic carbocycles. The topological polar surface area (TPSA) is 104 Å². The van der Waals surface area contributed by atoms with Crippen LogP contribution in [0.2, 0.25) is 5.02 Å². The summed E-state index contributed by atoms with van der Waals surface area (Å²) < 4.78 is 29.0. The average molecular weight is 438 g/mol. The maximum atomic E-state index is 13.4. The minimum absolute atomic E-state index is 0.00403. The molecule has 0 atom stereocenters. The summed E-state index contributed by atoms with van der Waals surface area (Å²) >= 11 is 5.62. The number of nitrogens with zero attached hydrogens (tertiary/aromatic N) is 2. The van der Waals surface area contributed by atoms with Crippen LogP contribution >= 0.6 is 11.6 Å².